The molecule has 2 aromatic carbocycles. The van der Waals surface area contributed by atoms with Gasteiger partial charge in [-0.15, -0.1) is 11.6 Å². The van der Waals surface area contributed by atoms with E-state index in [-0.39, 0.29) is 22.9 Å². The molecule has 0 saturated heterocycles. The number of aromatic nitrogens is 6. The number of benzene rings is 2. The van der Waals surface area contributed by atoms with Crippen LogP contribution in [0.4, 0.5) is 20.2 Å². The SMILES string of the molecule is CCC(=O)Cl.CCC(=O)N(c1cc(-n2ncc(=O)n(C)c2=O)c(F)cc1C#N)S(C)(=O)=O.CCl.Cn1c(=O)cnn(-c2cc(NS(C)(=O)=O)c(C#N)cc2F)c1=O. The number of sulfonamides is 2. The Balaban J connectivity index is 0.000000494. The van der Waals surface area contributed by atoms with Crippen molar-refractivity contribution >= 4 is 65.8 Å². The van der Waals surface area contributed by atoms with Crippen LogP contribution in [-0.2, 0) is 43.7 Å². The number of amides is 1. The Labute approximate surface area is 332 Å². The van der Waals surface area contributed by atoms with Crippen molar-refractivity contribution < 1.29 is 35.2 Å². The van der Waals surface area contributed by atoms with Gasteiger partial charge in [0.1, 0.15) is 35.9 Å². The lowest BCUT2D eigenvalue weighted by molar-refractivity contribution is -0.117. The Hall–Kier alpha value is -6.08. The molecule has 0 aliphatic rings. The zero-order chi connectivity index (χ0) is 44.2. The van der Waals surface area contributed by atoms with E-state index in [9.17, 15) is 59.6 Å². The molecule has 0 aliphatic heterocycles. The van der Waals surface area contributed by atoms with Crippen molar-refractivity contribution in [3.05, 3.63) is 101 Å². The van der Waals surface area contributed by atoms with Crippen LogP contribution in [0.25, 0.3) is 11.4 Å². The first-order chi connectivity index (χ1) is 26.4. The molecule has 0 saturated carbocycles. The first-order valence-corrected chi connectivity index (χ1v) is 20.2. The van der Waals surface area contributed by atoms with Gasteiger partial charge in [0, 0.05) is 33.3 Å². The summed E-state index contributed by atoms with van der Waals surface area (Å²) in [6.07, 6.45) is 4.88. The van der Waals surface area contributed by atoms with E-state index in [0.29, 0.717) is 35.3 Å². The molecule has 1 N–H and O–H groups in total. The summed E-state index contributed by atoms with van der Waals surface area (Å²) >= 11 is 9.46. The number of hydrogen-bond acceptors (Lipinski definition) is 14. The molecule has 0 fully saturated rings. The smallest absolute Gasteiger partial charge is 0.282 e. The minimum Gasteiger partial charge on any atom is -0.282 e. The van der Waals surface area contributed by atoms with Crippen LogP contribution in [0.3, 0.4) is 0 Å². The van der Waals surface area contributed by atoms with E-state index in [1.165, 1.54) is 20.4 Å². The Bertz CT molecular complexity index is 2740. The molecular weight excluding hydrogens is 845 g/mol. The van der Waals surface area contributed by atoms with Gasteiger partial charge in [0.15, 0.2) is 11.6 Å². The minimum atomic E-state index is -4.15. The highest BCUT2D eigenvalue weighted by molar-refractivity contribution is 7.92. The summed E-state index contributed by atoms with van der Waals surface area (Å²) < 4.78 is 80.3. The van der Waals surface area contributed by atoms with E-state index >= 15 is 0 Å². The van der Waals surface area contributed by atoms with Crippen LogP contribution in [0.1, 0.15) is 37.8 Å². The average molecular weight is 878 g/mol. The summed E-state index contributed by atoms with van der Waals surface area (Å²) in [5.74, 6) is -2.90. The molecule has 1 amide bonds. The van der Waals surface area contributed by atoms with Crippen LogP contribution in [-0.4, -0.2) is 75.6 Å². The zero-order valence-corrected chi connectivity index (χ0v) is 34.0. The number of nitrogens with zero attached hydrogens (tertiary/aromatic N) is 9. The first kappa shape index (κ1) is 48.9. The summed E-state index contributed by atoms with van der Waals surface area (Å²) in [6.45, 7) is 3.13. The van der Waals surface area contributed by atoms with Gasteiger partial charge in [0.05, 0.1) is 35.0 Å². The number of carbonyl (C=O) groups excluding carboxylic acids is 2. The number of nitriles is 2. The molecule has 26 heteroatoms. The third-order valence-electron chi connectivity index (χ3n) is 6.67. The molecule has 306 valence electrons. The predicted molar refractivity (Wildman–Crippen MR) is 204 cm³/mol. The molecule has 4 aromatic rings. The van der Waals surface area contributed by atoms with Gasteiger partial charge in [-0.2, -0.15) is 30.1 Å². The Morgan fingerprint density at radius 3 is 1.54 bits per heavy atom. The van der Waals surface area contributed by atoms with E-state index in [2.05, 4.69) is 26.5 Å². The fourth-order valence-electron chi connectivity index (χ4n) is 4.00. The van der Waals surface area contributed by atoms with Gasteiger partial charge in [0.2, 0.25) is 31.2 Å². The quantitative estimate of drug-likeness (QED) is 0.191. The molecule has 2 aromatic heterocycles. The van der Waals surface area contributed by atoms with Gasteiger partial charge in [0.25, 0.3) is 11.1 Å². The monoisotopic (exact) mass is 876 g/mol. The van der Waals surface area contributed by atoms with E-state index in [4.69, 9.17) is 16.9 Å². The van der Waals surface area contributed by atoms with Crippen LogP contribution in [0.15, 0.2) is 55.8 Å². The minimum absolute atomic E-state index is 0.206. The maximum Gasteiger partial charge on any atom is 0.352 e. The van der Waals surface area contributed by atoms with Crippen LogP contribution >= 0.6 is 23.2 Å². The van der Waals surface area contributed by atoms with Gasteiger partial charge in [-0.25, -0.2) is 39.5 Å². The predicted octanol–water partition coefficient (Wildman–Crippen LogP) is 0.975. The van der Waals surface area contributed by atoms with Gasteiger partial charge in [-0.3, -0.25) is 33.0 Å². The second kappa shape index (κ2) is 20.7. The molecule has 2 heterocycles. The molecular formula is C31H32Cl2F2N10O10S2. The first-order valence-electron chi connectivity index (χ1n) is 15.3. The third-order valence-corrected chi connectivity index (χ3v) is 8.59. The molecule has 0 atom stereocenters. The van der Waals surface area contributed by atoms with Crippen molar-refractivity contribution in [1.82, 2.24) is 28.7 Å². The number of nitrogens with one attached hydrogen (secondary N) is 1. The molecule has 0 radical (unpaired) electrons. The van der Waals surface area contributed by atoms with Crippen LogP contribution in [0, 0.1) is 34.3 Å². The van der Waals surface area contributed by atoms with E-state index < -0.39 is 82.7 Å². The Kier molecular flexibility index (Phi) is 17.8. The van der Waals surface area contributed by atoms with Crippen molar-refractivity contribution in [2.45, 2.75) is 26.7 Å². The highest BCUT2D eigenvalue weighted by Crippen LogP contribution is 2.28. The van der Waals surface area contributed by atoms with E-state index in [1.54, 1.807) is 19.1 Å². The summed E-state index contributed by atoms with van der Waals surface area (Å²) in [7, 11) is -5.56. The Morgan fingerprint density at radius 1 is 0.789 bits per heavy atom. The summed E-state index contributed by atoms with van der Waals surface area (Å²) in [6, 6.07) is 6.52. The second-order valence-corrected chi connectivity index (χ2v) is 14.7. The van der Waals surface area contributed by atoms with Gasteiger partial charge < -0.3 is 0 Å². The maximum absolute atomic E-state index is 14.5. The zero-order valence-electron chi connectivity index (χ0n) is 30.8. The van der Waals surface area contributed by atoms with Gasteiger partial charge >= 0.3 is 11.4 Å². The van der Waals surface area contributed by atoms with E-state index in [0.717, 1.165) is 50.2 Å². The standard InChI is InChI=1S/C15H14FN5O5S.C12H10FN5O4S.C3H5ClO.CH3Cl/c1-4-13(22)21(27(3,25)26)11-6-12(10(16)5-9(11)7-17)20-15(24)19(2)14(23)8-18-20;1-17-11(19)6-15-18(12(17)20)10-4-9(16-23(2,21)22)7(5-14)3-8(10)13;1-2-3(4)5;1-2/h5-6,8H,4H2,1-3H3;3-4,6,16H,1-2H3;2H2,1H3;1H3. The number of hydrogen-bond donors (Lipinski definition) is 1. The number of alkyl halides is 1. The molecule has 0 unspecified atom stereocenters. The Morgan fingerprint density at radius 2 is 1.19 bits per heavy atom. The molecule has 20 nitrogen and oxygen atoms in total. The molecule has 57 heavy (non-hydrogen) atoms. The fraction of sp³-hybridized carbons (Fsp3) is 0.290. The van der Waals surface area contributed by atoms with Crippen LogP contribution in [0.2, 0.25) is 0 Å². The van der Waals surface area contributed by atoms with Crippen molar-refractivity contribution in [2.24, 2.45) is 14.1 Å². The topological polar surface area (TPSA) is 279 Å². The lowest BCUT2D eigenvalue weighted by Crippen LogP contribution is -2.39. The summed E-state index contributed by atoms with van der Waals surface area (Å²) in [4.78, 5) is 68.7. The largest absolute Gasteiger partial charge is 0.352 e. The molecule has 0 bridgehead atoms. The van der Waals surface area contributed by atoms with Crippen molar-refractivity contribution in [3.8, 4) is 23.5 Å². The molecule has 0 aliphatic carbocycles. The second-order valence-electron chi connectivity index (χ2n) is 10.7. The maximum atomic E-state index is 14.5. The lowest BCUT2D eigenvalue weighted by Gasteiger charge is -2.22. The van der Waals surface area contributed by atoms with Crippen molar-refractivity contribution in [2.75, 3.05) is 27.9 Å². The summed E-state index contributed by atoms with van der Waals surface area (Å²) in [5.41, 5.74) is -5.61. The highest BCUT2D eigenvalue weighted by Gasteiger charge is 2.28. The van der Waals surface area contributed by atoms with Gasteiger partial charge in [-0.05, 0) is 35.9 Å². The molecule has 4 rings (SSSR count). The normalized spacial score (nSPS) is 10.5. The summed E-state index contributed by atoms with van der Waals surface area (Å²) in [5, 5.41) is 25.0. The highest BCUT2D eigenvalue weighted by atomic mass is 35.5. The fourth-order valence-corrected chi connectivity index (χ4v) is 5.58. The lowest BCUT2D eigenvalue weighted by atomic mass is 10.1. The number of halogens is 4. The van der Waals surface area contributed by atoms with Crippen LogP contribution < -0.4 is 31.5 Å². The third kappa shape index (κ3) is 12.7. The number of anilines is 2. The van der Waals surface area contributed by atoms with Gasteiger partial charge in [-0.1, -0.05) is 13.8 Å². The van der Waals surface area contributed by atoms with Crippen LogP contribution in [0.5, 0.6) is 0 Å². The average Bonchev–Trinajstić information content (AvgIpc) is 3.14. The van der Waals surface area contributed by atoms with Crippen molar-refractivity contribution in [3.63, 3.8) is 0 Å². The number of rotatable bonds is 8. The molecule has 0 spiro atoms. The van der Waals surface area contributed by atoms with E-state index in [1.807, 2.05) is 0 Å². The number of carbonyl (C=O) groups is 2. The van der Waals surface area contributed by atoms with Crippen molar-refractivity contribution in [1.29, 1.82) is 10.5 Å².